The summed E-state index contributed by atoms with van der Waals surface area (Å²) in [6.45, 7) is 7.64. The van der Waals surface area contributed by atoms with E-state index in [9.17, 15) is 9.59 Å². The van der Waals surface area contributed by atoms with Crippen LogP contribution in [-0.4, -0.2) is 37.9 Å². The van der Waals surface area contributed by atoms with Crippen LogP contribution in [0.25, 0.3) is 0 Å². The van der Waals surface area contributed by atoms with Crippen molar-refractivity contribution in [3.63, 3.8) is 0 Å². The van der Waals surface area contributed by atoms with Gasteiger partial charge in [-0.1, -0.05) is 215 Å². The SMILES string of the molecule is CC/C=C\C/C=C\C/C=C\C/C=C\C/C=C\CCCC(=O)OCC(COCCCCCCCC/C=C\CCCCCCCC)OC(=O)CCCCCCC/C=C\CCCCCCCC. The number of hydrogen-bond acceptors (Lipinski definition) is 5. The molecule has 0 bridgehead atoms. The fourth-order valence-corrected chi connectivity index (χ4v) is 7.36. The van der Waals surface area contributed by atoms with Crippen LogP contribution >= 0.6 is 0 Å². The average molecular weight is 891 g/mol. The molecule has 0 fully saturated rings. The van der Waals surface area contributed by atoms with Crippen molar-refractivity contribution in [1.29, 1.82) is 0 Å². The summed E-state index contributed by atoms with van der Waals surface area (Å²) in [6.07, 6.45) is 71.7. The van der Waals surface area contributed by atoms with Crippen LogP contribution in [0.3, 0.4) is 0 Å². The molecule has 0 aliphatic heterocycles. The van der Waals surface area contributed by atoms with Crippen LogP contribution in [0.4, 0.5) is 0 Å². The summed E-state index contributed by atoms with van der Waals surface area (Å²) in [6, 6.07) is 0. The Kier molecular flexibility index (Phi) is 51.9. The molecule has 0 N–H and O–H groups in total. The van der Waals surface area contributed by atoms with E-state index in [-0.39, 0.29) is 25.2 Å². The van der Waals surface area contributed by atoms with Crippen LogP contribution in [0.2, 0.25) is 0 Å². The lowest BCUT2D eigenvalue weighted by Crippen LogP contribution is -2.30. The third-order valence-corrected chi connectivity index (χ3v) is 11.4. The maximum Gasteiger partial charge on any atom is 0.306 e. The number of rotatable bonds is 49. The predicted molar refractivity (Wildman–Crippen MR) is 279 cm³/mol. The molecule has 0 saturated carbocycles. The minimum absolute atomic E-state index is 0.0476. The van der Waals surface area contributed by atoms with Gasteiger partial charge in [0.1, 0.15) is 6.61 Å². The molecule has 0 aliphatic rings. The van der Waals surface area contributed by atoms with E-state index in [0.717, 1.165) is 83.5 Å². The third kappa shape index (κ3) is 51.7. The number of carbonyl (C=O) groups is 2. The Hall–Kier alpha value is -2.92. The maximum absolute atomic E-state index is 12.8. The van der Waals surface area contributed by atoms with Crippen LogP contribution in [0.1, 0.15) is 252 Å². The first kappa shape index (κ1) is 61.1. The van der Waals surface area contributed by atoms with Gasteiger partial charge < -0.3 is 14.2 Å². The molecule has 5 nitrogen and oxygen atoms in total. The zero-order valence-electron chi connectivity index (χ0n) is 42.3. The molecule has 368 valence electrons. The lowest BCUT2D eigenvalue weighted by Gasteiger charge is -2.18. The van der Waals surface area contributed by atoms with E-state index in [0.29, 0.717) is 19.4 Å². The molecule has 0 heterocycles. The Morgan fingerprint density at radius 1 is 0.359 bits per heavy atom. The number of esters is 2. The number of carbonyl (C=O) groups excluding carboxylic acids is 2. The van der Waals surface area contributed by atoms with E-state index in [2.05, 4.69) is 106 Å². The fraction of sp³-hybridized carbons (Fsp3) is 0.729. The summed E-state index contributed by atoms with van der Waals surface area (Å²) < 4.78 is 17.4. The van der Waals surface area contributed by atoms with Crippen molar-refractivity contribution in [1.82, 2.24) is 0 Å². The number of unbranched alkanes of at least 4 members (excludes halogenated alkanes) is 24. The predicted octanol–water partition coefficient (Wildman–Crippen LogP) is 18.5. The van der Waals surface area contributed by atoms with Crippen molar-refractivity contribution in [3.05, 3.63) is 85.1 Å². The van der Waals surface area contributed by atoms with Crippen LogP contribution < -0.4 is 0 Å². The zero-order chi connectivity index (χ0) is 46.3. The van der Waals surface area contributed by atoms with Gasteiger partial charge in [-0.25, -0.2) is 0 Å². The highest BCUT2D eigenvalue weighted by Crippen LogP contribution is 2.13. The Labute approximate surface area is 397 Å². The van der Waals surface area contributed by atoms with Gasteiger partial charge in [-0.15, -0.1) is 0 Å². The van der Waals surface area contributed by atoms with Crippen molar-refractivity contribution >= 4 is 11.9 Å². The quantitative estimate of drug-likeness (QED) is 0.0346. The topological polar surface area (TPSA) is 61.8 Å². The largest absolute Gasteiger partial charge is 0.462 e. The molecule has 1 unspecified atom stereocenters. The van der Waals surface area contributed by atoms with Crippen LogP contribution in [-0.2, 0) is 23.8 Å². The third-order valence-electron chi connectivity index (χ3n) is 11.4. The van der Waals surface area contributed by atoms with E-state index >= 15 is 0 Å². The van der Waals surface area contributed by atoms with Crippen molar-refractivity contribution in [2.24, 2.45) is 0 Å². The van der Waals surface area contributed by atoms with E-state index in [4.69, 9.17) is 14.2 Å². The van der Waals surface area contributed by atoms with Crippen molar-refractivity contribution in [2.45, 2.75) is 258 Å². The number of ether oxygens (including phenoxy) is 3. The van der Waals surface area contributed by atoms with Gasteiger partial charge in [0.15, 0.2) is 6.10 Å². The van der Waals surface area contributed by atoms with Gasteiger partial charge >= 0.3 is 11.9 Å². The second kappa shape index (κ2) is 54.4. The normalized spacial score (nSPS) is 12.9. The second-order valence-corrected chi connectivity index (χ2v) is 17.7. The van der Waals surface area contributed by atoms with E-state index in [1.807, 2.05) is 0 Å². The summed E-state index contributed by atoms with van der Waals surface area (Å²) in [7, 11) is 0. The highest BCUT2D eigenvalue weighted by atomic mass is 16.6. The summed E-state index contributed by atoms with van der Waals surface area (Å²) in [5.74, 6) is -0.475. The Morgan fingerprint density at radius 3 is 1.19 bits per heavy atom. The van der Waals surface area contributed by atoms with E-state index < -0.39 is 6.10 Å². The molecule has 0 radical (unpaired) electrons. The minimum atomic E-state index is -0.570. The summed E-state index contributed by atoms with van der Waals surface area (Å²) >= 11 is 0. The molecule has 0 aliphatic carbocycles. The molecular weight excluding hydrogens is 789 g/mol. The van der Waals surface area contributed by atoms with Crippen LogP contribution in [0, 0.1) is 0 Å². The molecule has 5 heteroatoms. The van der Waals surface area contributed by atoms with E-state index in [1.54, 1.807) is 0 Å². The lowest BCUT2D eigenvalue weighted by molar-refractivity contribution is -0.163. The van der Waals surface area contributed by atoms with Gasteiger partial charge in [0.05, 0.1) is 6.61 Å². The summed E-state index contributed by atoms with van der Waals surface area (Å²) in [5, 5.41) is 0. The van der Waals surface area contributed by atoms with Crippen molar-refractivity contribution < 1.29 is 23.8 Å². The highest BCUT2D eigenvalue weighted by molar-refractivity contribution is 5.70. The van der Waals surface area contributed by atoms with Gasteiger partial charge in [-0.2, -0.15) is 0 Å². The monoisotopic (exact) mass is 891 g/mol. The summed E-state index contributed by atoms with van der Waals surface area (Å²) in [5.41, 5.74) is 0. The molecule has 1 atom stereocenters. The molecule has 0 saturated heterocycles. The average Bonchev–Trinajstić information content (AvgIpc) is 3.30. The Bertz CT molecular complexity index is 1190. The zero-order valence-corrected chi connectivity index (χ0v) is 42.3. The lowest BCUT2D eigenvalue weighted by atomic mass is 10.1. The molecule has 64 heavy (non-hydrogen) atoms. The molecule has 0 aromatic rings. The van der Waals surface area contributed by atoms with Gasteiger partial charge in [-0.05, 0) is 109 Å². The molecule has 0 aromatic heterocycles. The molecule has 0 amide bonds. The molecular formula is C59H102O5. The fourth-order valence-electron chi connectivity index (χ4n) is 7.36. The second-order valence-electron chi connectivity index (χ2n) is 17.7. The molecule has 0 rings (SSSR count). The van der Waals surface area contributed by atoms with Crippen molar-refractivity contribution in [2.75, 3.05) is 19.8 Å². The highest BCUT2D eigenvalue weighted by Gasteiger charge is 2.17. The first-order valence-corrected chi connectivity index (χ1v) is 27.1. The van der Waals surface area contributed by atoms with Gasteiger partial charge in [0, 0.05) is 19.4 Å². The van der Waals surface area contributed by atoms with Crippen molar-refractivity contribution in [3.8, 4) is 0 Å². The van der Waals surface area contributed by atoms with E-state index in [1.165, 1.54) is 135 Å². The van der Waals surface area contributed by atoms with Gasteiger partial charge in [0.2, 0.25) is 0 Å². The smallest absolute Gasteiger partial charge is 0.306 e. The first-order chi connectivity index (χ1) is 31.6. The van der Waals surface area contributed by atoms with Gasteiger partial charge in [0.25, 0.3) is 0 Å². The van der Waals surface area contributed by atoms with Crippen LogP contribution in [0.15, 0.2) is 85.1 Å². The number of allylic oxidation sites excluding steroid dienone is 14. The number of hydrogen-bond donors (Lipinski definition) is 0. The molecule has 0 spiro atoms. The Morgan fingerprint density at radius 2 is 0.719 bits per heavy atom. The first-order valence-electron chi connectivity index (χ1n) is 27.1. The van der Waals surface area contributed by atoms with Gasteiger partial charge in [-0.3, -0.25) is 9.59 Å². The summed E-state index contributed by atoms with van der Waals surface area (Å²) in [4.78, 5) is 25.4. The standard InChI is InChI=1S/C59H102O5/c1-4-7-10-13-16-19-22-25-28-30-32-34-37-40-43-46-49-52-58(60)63-56-57(55-62-54-51-48-45-42-39-36-33-29-26-23-20-17-14-11-8-5-2)64-59(61)53-50-47-44-41-38-35-31-27-24-21-18-15-12-9-6-3/h7,10,16,19,25-29,31-32,34,40,43,57H,4-6,8-9,11-15,17-18,20-24,30,33,35-39,41-42,44-56H2,1-3H3/b10-7-,19-16-,28-25-,29-26-,31-27-,34-32-,43-40-. The molecule has 0 aromatic carbocycles. The van der Waals surface area contributed by atoms with Crippen LogP contribution in [0.5, 0.6) is 0 Å². The maximum atomic E-state index is 12.8. The Balaban J connectivity index is 4.39. The minimum Gasteiger partial charge on any atom is -0.462 e.